The van der Waals surface area contributed by atoms with Gasteiger partial charge < -0.3 is 15.4 Å². The van der Waals surface area contributed by atoms with Crippen molar-refractivity contribution in [3.63, 3.8) is 0 Å². The van der Waals surface area contributed by atoms with Crippen LogP contribution in [0.15, 0.2) is 24.3 Å². The molecule has 0 spiro atoms. The fourth-order valence-corrected chi connectivity index (χ4v) is 2.59. The summed E-state index contributed by atoms with van der Waals surface area (Å²) in [5.74, 6) is 0. The minimum atomic E-state index is 0.0733. The quantitative estimate of drug-likeness (QED) is 0.872. The first-order valence-electron chi connectivity index (χ1n) is 6.96. The van der Waals surface area contributed by atoms with E-state index < -0.39 is 0 Å². The largest absolute Gasteiger partial charge is 0.377 e. The first-order chi connectivity index (χ1) is 9.15. The molecule has 1 saturated heterocycles. The zero-order chi connectivity index (χ0) is 13.7. The van der Waals surface area contributed by atoms with Crippen molar-refractivity contribution in [3.8, 4) is 0 Å². The SMILES string of the molecule is CN(CCC(N)c1ccc(Cl)cc1)CC1CCCO1. The molecule has 2 rings (SSSR count). The molecule has 106 valence electrons. The van der Waals surface area contributed by atoms with E-state index in [2.05, 4.69) is 11.9 Å². The second-order valence-electron chi connectivity index (χ2n) is 5.34. The van der Waals surface area contributed by atoms with Gasteiger partial charge in [0.2, 0.25) is 0 Å². The van der Waals surface area contributed by atoms with E-state index in [0.29, 0.717) is 6.10 Å². The monoisotopic (exact) mass is 282 g/mol. The van der Waals surface area contributed by atoms with E-state index in [1.807, 2.05) is 24.3 Å². The highest BCUT2D eigenvalue weighted by Crippen LogP contribution is 2.18. The van der Waals surface area contributed by atoms with Gasteiger partial charge in [0.1, 0.15) is 0 Å². The lowest BCUT2D eigenvalue weighted by molar-refractivity contribution is 0.0804. The Labute approximate surface area is 120 Å². The third-order valence-electron chi connectivity index (χ3n) is 3.66. The third-order valence-corrected chi connectivity index (χ3v) is 3.91. The molecule has 2 N–H and O–H groups in total. The van der Waals surface area contributed by atoms with Gasteiger partial charge in [0.15, 0.2) is 0 Å². The Morgan fingerprint density at radius 2 is 2.16 bits per heavy atom. The van der Waals surface area contributed by atoms with E-state index in [0.717, 1.165) is 36.7 Å². The molecule has 1 fully saturated rings. The average Bonchev–Trinajstić information content (AvgIpc) is 2.89. The van der Waals surface area contributed by atoms with Crippen molar-refractivity contribution in [3.05, 3.63) is 34.9 Å². The lowest BCUT2D eigenvalue weighted by Gasteiger charge is -2.22. The smallest absolute Gasteiger partial charge is 0.0702 e. The topological polar surface area (TPSA) is 38.5 Å². The lowest BCUT2D eigenvalue weighted by atomic mass is 10.0. The van der Waals surface area contributed by atoms with E-state index in [-0.39, 0.29) is 6.04 Å². The summed E-state index contributed by atoms with van der Waals surface area (Å²) in [4.78, 5) is 2.31. The van der Waals surface area contributed by atoms with Gasteiger partial charge in [-0.25, -0.2) is 0 Å². The summed E-state index contributed by atoms with van der Waals surface area (Å²) in [6, 6.07) is 7.88. The van der Waals surface area contributed by atoms with Crippen LogP contribution in [-0.4, -0.2) is 37.7 Å². The Bertz CT molecular complexity index is 376. The molecule has 0 radical (unpaired) electrons. The summed E-state index contributed by atoms with van der Waals surface area (Å²) in [7, 11) is 2.14. The molecule has 1 heterocycles. The molecular formula is C15H23ClN2O. The molecule has 0 bridgehead atoms. The Morgan fingerprint density at radius 3 is 2.79 bits per heavy atom. The lowest BCUT2D eigenvalue weighted by Crippen LogP contribution is -2.31. The van der Waals surface area contributed by atoms with Crippen LogP contribution in [0.2, 0.25) is 5.02 Å². The summed E-state index contributed by atoms with van der Waals surface area (Å²) in [5, 5.41) is 0.756. The number of hydrogen-bond acceptors (Lipinski definition) is 3. The summed E-state index contributed by atoms with van der Waals surface area (Å²) in [6.07, 6.45) is 3.75. The van der Waals surface area contributed by atoms with Gasteiger partial charge in [-0.15, -0.1) is 0 Å². The van der Waals surface area contributed by atoms with Crippen molar-refractivity contribution in [2.24, 2.45) is 5.73 Å². The number of nitrogens with two attached hydrogens (primary N) is 1. The van der Waals surface area contributed by atoms with Crippen molar-refractivity contribution in [2.75, 3.05) is 26.7 Å². The summed E-state index contributed by atoms with van der Waals surface area (Å²) < 4.78 is 5.64. The minimum absolute atomic E-state index is 0.0733. The normalized spacial score (nSPS) is 20.9. The second kappa shape index (κ2) is 7.25. The maximum absolute atomic E-state index is 6.20. The first-order valence-corrected chi connectivity index (χ1v) is 7.34. The number of hydrogen-bond donors (Lipinski definition) is 1. The molecule has 1 aromatic rings. The molecule has 3 nitrogen and oxygen atoms in total. The molecule has 4 heteroatoms. The Kier molecular flexibility index (Phi) is 5.64. The summed E-state index contributed by atoms with van der Waals surface area (Å²) >= 11 is 5.88. The van der Waals surface area contributed by atoms with Crippen molar-refractivity contribution in [2.45, 2.75) is 31.4 Å². The molecule has 1 aromatic carbocycles. The second-order valence-corrected chi connectivity index (χ2v) is 5.78. The van der Waals surface area contributed by atoms with Crippen LogP contribution in [0.5, 0.6) is 0 Å². The van der Waals surface area contributed by atoms with Crippen LogP contribution < -0.4 is 5.73 Å². The van der Waals surface area contributed by atoms with E-state index in [9.17, 15) is 0 Å². The molecule has 0 amide bonds. The van der Waals surface area contributed by atoms with Crippen LogP contribution in [0.3, 0.4) is 0 Å². The van der Waals surface area contributed by atoms with Gasteiger partial charge in [0.05, 0.1) is 6.10 Å². The molecule has 19 heavy (non-hydrogen) atoms. The summed E-state index contributed by atoms with van der Waals surface area (Å²) in [6.45, 7) is 2.92. The minimum Gasteiger partial charge on any atom is -0.377 e. The zero-order valence-corrected chi connectivity index (χ0v) is 12.3. The predicted octanol–water partition coefficient (Wildman–Crippen LogP) is 2.84. The van der Waals surface area contributed by atoms with Crippen LogP contribution in [0.4, 0.5) is 0 Å². The van der Waals surface area contributed by atoms with Crippen molar-refractivity contribution in [1.82, 2.24) is 4.90 Å². The number of rotatable bonds is 6. The third kappa shape index (κ3) is 4.77. The van der Waals surface area contributed by atoms with Gasteiger partial charge in [-0.2, -0.15) is 0 Å². The molecular weight excluding hydrogens is 260 g/mol. The maximum atomic E-state index is 6.20. The van der Waals surface area contributed by atoms with Crippen LogP contribution in [-0.2, 0) is 4.74 Å². The van der Waals surface area contributed by atoms with Crippen LogP contribution >= 0.6 is 11.6 Å². The molecule has 0 aromatic heterocycles. The molecule has 1 aliphatic rings. The zero-order valence-electron chi connectivity index (χ0n) is 11.5. The molecule has 2 atom stereocenters. The van der Waals surface area contributed by atoms with Crippen LogP contribution in [0.25, 0.3) is 0 Å². The van der Waals surface area contributed by atoms with Gasteiger partial charge in [0.25, 0.3) is 0 Å². The van der Waals surface area contributed by atoms with Gasteiger partial charge in [0, 0.05) is 24.2 Å². The number of likely N-dealkylation sites (N-methyl/N-ethyl adjacent to an activating group) is 1. The maximum Gasteiger partial charge on any atom is 0.0702 e. The van der Waals surface area contributed by atoms with Gasteiger partial charge in [-0.3, -0.25) is 0 Å². The summed E-state index contributed by atoms with van der Waals surface area (Å²) in [5.41, 5.74) is 7.35. The van der Waals surface area contributed by atoms with Gasteiger partial charge in [-0.1, -0.05) is 23.7 Å². The number of benzene rings is 1. The van der Waals surface area contributed by atoms with E-state index >= 15 is 0 Å². The molecule has 0 saturated carbocycles. The first kappa shape index (κ1) is 14.8. The van der Waals surface area contributed by atoms with Crippen LogP contribution in [0.1, 0.15) is 30.9 Å². The van der Waals surface area contributed by atoms with E-state index in [4.69, 9.17) is 22.1 Å². The fraction of sp³-hybridized carbons (Fsp3) is 0.600. The highest BCUT2D eigenvalue weighted by Gasteiger charge is 2.17. The van der Waals surface area contributed by atoms with E-state index in [1.54, 1.807) is 0 Å². The highest BCUT2D eigenvalue weighted by molar-refractivity contribution is 6.30. The Hall–Kier alpha value is -0.610. The van der Waals surface area contributed by atoms with Crippen LogP contribution in [0, 0.1) is 0 Å². The molecule has 0 aliphatic carbocycles. The molecule has 1 aliphatic heterocycles. The number of halogens is 1. The Balaban J connectivity index is 1.73. The van der Waals surface area contributed by atoms with Crippen molar-refractivity contribution >= 4 is 11.6 Å². The Morgan fingerprint density at radius 1 is 1.42 bits per heavy atom. The number of ether oxygens (including phenoxy) is 1. The molecule has 2 unspecified atom stereocenters. The average molecular weight is 283 g/mol. The fourth-order valence-electron chi connectivity index (χ4n) is 2.46. The van der Waals surface area contributed by atoms with Gasteiger partial charge in [-0.05, 0) is 50.6 Å². The predicted molar refractivity (Wildman–Crippen MR) is 79.5 cm³/mol. The van der Waals surface area contributed by atoms with Crippen molar-refractivity contribution in [1.29, 1.82) is 0 Å². The van der Waals surface area contributed by atoms with Gasteiger partial charge >= 0.3 is 0 Å². The number of nitrogens with zero attached hydrogens (tertiary/aromatic N) is 1. The highest BCUT2D eigenvalue weighted by atomic mass is 35.5. The van der Waals surface area contributed by atoms with E-state index in [1.165, 1.54) is 12.8 Å². The standard InChI is InChI=1S/C15H23ClN2O/c1-18(11-14-3-2-10-19-14)9-8-15(17)12-4-6-13(16)7-5-12/h4-7,14-15H,2-3,8-11,17H2,1H3. The van der Waals surface area contributed by atoms with Crippen molar-refractivity contribution < 1.29 is 4.74 Å².